The molecule has 2 aromatic rings. The van der Waals surface area contributed by atoms with E-state index in [1.54, 1.807) is 30.6 Å². The number of aliphatic hydroxyl groups excluding tert-OH is 1. The number of amides is 1. The number of nitrogens with zero attached hydrogens (tertiary/aromatic N) is 4. The van der Waals surface area contributed by atoms with E-state index in [4.69, 9.17) is 4.74 Å². The fourth-order valence-corrected chi connectivity index (χ4v) is 4.46. The van der Waals surface area contributed by atoms with E-state index in [0.717, 1.165) is 18.7 Å². The lowest BCUT2D eigenvalue weighted by Gasteiger charge is -2.43. The zero-order chi connectivity index (χ0) is 23.5. The molecule has 1 spiro atoms. The van der Waals surface area contributed by atoms with Gasteiger partial charge in [0.25, 0.3) is 0 Å². The van der Waals surface area contributed by atoms with Crippen molar-refractivity contribution in [3.05, 3.63) is 42.7 Å². The summed E-state index contributed by atoms with van der Waals surface area (Å²) in [5.41, 5.74) is 3.14. The molecule has 2 aliphatic rings. The number of hydrogen-bond acceptors (Lipinski definition) is 7. The zero-order valence-electron chi connectivity index (χ0n) is 18.5. The van der Waals surface area contributed by atoms with Crippen molar-refractivity contribution in [1.82, 2.24) is 14.8 Å². The minimum Gasteiger partial charge on any atom is -0.433 e. The van der Waals surface area contributed by atoms with Gasteiger partial charge in [0.15, 0.2) is 0 Å². The van der Waals surface area contributed by atoms with Crippen molar-refractivity contribution in [2.45, 2.75) is 37.5 Å². The maximum absolute atomic E-state index is 13.1. The van der Waals surface area contributed by atoms with Gasteiger partial charge in [0.05, 0.1) is 25.0 Å². The Kier molecular flexibility index (Phi) is 6.82. The lowest BCUT2D eigenvalue weighted by molar-refractivity contribution is -0.158. The molecule has 0 saturated carbocycles. The van der Waals surface area contributed by atoms with Gasteiger partial charge in [-0.15, -0.1) is 0 Å². The highest BCUT2D eigenvalue weighted by molar-refractivity contribution is 5.84. The lowest BCUT2D eigenvalue weighted by atomic mass is 9.98. The molecule has 2 aliphatic heterocycles. The molecule has 180 valence electrons. The first-order valence-corrected chi connectivity index (χ1v) is 11.0. The third kappa shape index (κ3) is 5.98. The quantitative estimate of drug-likeness (QED) is 0.613. The zero-order valence-corrected chi connectivity index (χ0v) is 18.5. The van der Waals surface area contributed by atoms with Crippen LogP contribution in [0.15, 0.2) is 42.7 Å². The standard InChI is InChI=1S/C22H29F2N5O4/c1-21(23,24)33-19-5-3-17(4-6-19)27-10-7-22(15-27)16-28(11-12-32-22)18(14-30)13-20(31)26-29-9-2-8-25-29/h2-6,8-9,18,30H,7,10-16H2,1H3,(H,26,31). The Morgan fingerprint density at radius 3 is 2.79 bits per heavy atom. The van der Waals surface area contributed by atoms with Crippen LogP contribution in [0.5, 0.6) is 5.75 Å². The normalized spacial score (nSPS) is 22.5. The van der Waals surface area contributed by atoms with Crippen molar-refractivity contribution < 1.29 is 28.2 Å². The number of morpholine rings is 1. The topological polar surface area (TPSA) is 92.1 Å². The van der Waals surface area contributed by atoms with Crippen LogP contribution in [0, 0.1) is 0 Å². The number of alkyl halides is 2. The summed E-state index contributed by atoms with van der Waals surface area (Å²) >= 11 is 0. The minimum absolute atomic E-state index is 0.111. The van der Waals surface area contributed by atoms with E-state index in [2.05, 4.69) is 25.1 Å². The van der Waals surface area contributed by atoms with Crippen LogP contribution in [0.25, 0.3) is 0 Å². The van der Waals surface area contributed by atoms with E-state index in [0.29, 0.717) is 33.2 Å². The summed E-state index contributed by atoms with van der Waals surface area (Å²) in [6, 6.07) is 7.97. The Balaban J connectivity index is 1.35. The second-order valence-electron chi connectivity index (χ2n) is 8.60. The van der Waals surface area contributed by atoms with Gasteiger partial charge in [0.2, 0.25) is 5.91 Å². The highest BCUT2D eigenvalue weighted by Crippen LogP contribution is 2.34. The first kappa shape index (κ1) is 23.4. The molecule has 2 atom stereocenters. The van der Waals surface area contributed by atoms with Gasteiger partial charge < -0.3 is 19.5 Å². The molecule has 2 unspecified atom stereocenters. The first-order chi connectivity index (χ1) is 15.8. The summed E-state index contributed by atoms with van der Waals surface area (Å²) in [6.45, 7) is 3.66. The summed E-state index contributed by atoms with van der Waals surface area (Å²) in [6.07, 6.45) is 0.902. The van der Waals surface area contributed by atoms with E-state index in [9.17, 15) is 18.7 Å². The molecule has 0 radical (unpaired) electrons. The highest BCUT2D eigenvalue weighted by atomic mass is 19.3. The minimum atomic E-state index is -3.23. The van der Waals surface area contributed by atoms with Crippen LogP contribution in [0.4, 0.5) is 14.5 Å². The van der Waals surface area contributed by atoms with Gasteiger partial charge in [-0.3, -0.25) is 9.69 Å². The van der Waals surface area contributed by atoms with E-state index in [-0.39, 0.29) is 30.7 Å². The van der Waals surface area contributed by atoms with Gasteiger partial charge >= 0.3 is 6.11 Å². The average Bonchev–Trinajstić information content (AvgIpc) is 3.42. The number of carbonyl (C=O) groups is 1. The number of rotatable bonds is 8. The number of benzene rings is 1. The van der Waals surface area contributed by atoms with Gasteiger partial charge in [0.1, 0.15) is 5.75 Å². The fraction of sp³-hybridized carbons (Fsp3) is 0.545. The number of hydrogen-bond donors (Lipinski definition) is 2. The molecular formula is C22H29F2N5O4. The lowest BCUT2D eigenvalue weighted by Crippen LogP contribution is -2.57. The van der Waals surface area contributed by atoms with Crippen LogP contribution in [0.3, 0.4) is 0 Å². The number of nitrogens with one attached hydrogen (secondary N) is 1. The average molecular weight is 466 g/mol. The summed E-state index contributed by atoms with van der Waals surface area (Å²) in [4.78, 5) is 18.0. The Labute approximate surface area is 190 Å². The number of aromatic nitrogens is 2. The largest absolute Gasteiger partial charge is 0.433 e. The smallest absolute Gasteiger partial charge is 0.394 e. The summed E-state index contributed by atoms with van der Waals surface area (Å²) in [7, 11) is 0. The molecule has 1 aromatic heterocycles. The second kappa shape index (κ2) is 9.62. The molecule has 4 rings (SSSR count). The molecule has 2 fully saturated rings. The number of anilines is 1. The van der Waals surface area contributed by atoms with Gasteiger partial charge in [0, 0.05) is 57.4 Å². The van der Waals surface area contributed by atoms with E-state index in [1.165, 1.54) is 16.9 Å². The molecule has 11 heteroatoms. The van der Waals surface area contributed by atoms with Crippen molar-refractivity contribution in [2.24, 2.45) is 0 Å². The molecule has 0 aliphatic carbocycles. The van der Waals surface area contributed by atoms with Crippen LogP contribution in [0.1, 0.15) is 19.8 Å². The van der Waals surface area contributed by atoms with Gasteiger partial charge in [-0.25, -0.2) is 5.43 Å². The molecule has 2 N–H and O–H groups in total. The van der Waals surface area contributed by atoms with Gasteiger partial charge in [-0.05, 0) is 36.8 Å². The molecular weight excluding hydrogens is 436 g/mol. The first-order valence-electron chi connectivity index (χ1n) is 11.0. The third-order valence-electron chi connectivity index (χ3n) is 5.99. The number of carbonyl (C=O) groups excluding carboxylic acids is 1. The Morgan fingerprint density at radius 1 is 1.33 bits per heavy atom. The van der Waals surface area contributed by atoms with Crippen LogP contribution in [0.2, 0.25) is 0 Å². The van der Waals surface area contributed by atoms with E-state index in [1.807, 2.05) is 0 Å². The van der Waals surface area contributed by atoms with Crippen molar-refractivity contribution in [3.8, 4) is 5.75 Å². The fourth-order valence-electron chi connectivity index (χ4n) is 4.46. The van der Waals surface area contributed by atoms with E-state index >= 15 is 0 Å². The predicted octanol–water partition coefficient (Wildman–Crippen LogP) is 1.68. The molecule has 2 saturated heterocycles. The van der Waals surface area contributed by atoms with Crippen LogP contribution < -0.4 is 15.1 Å². The second-order valence-corrected chi connectivity index (χ2v) is 8.60. The Morgan fingerprint density at radius 2 is 2.12 bits per heavy atom. The predicted molar refractivity (Wildman–Crippen MR) is 117 cm³/mol. The monoisotopic (exact) mass is 465 g/mol. The van der Waals surface area contributed by atoms with Crippen molar-refractivity contribution in [3.63, 3.8) is 0 Å². The highest BCUT2D eigenvalue weighted by Gasteiger charge is 2.44. The van der Waals surface area contributed by atoms with Crippen LogP contribution in [-0.2, 0) is 9.53 Å². The van der Waals surface area contributed by atoms with Crippen LogP contribution >= 0.6 is 0 Å². The van der Waals surface area contributed by atoms with E-state index < -0.39 is 11.7 Å². The summed E-state index contributed by atoms with van der Waals surface area (Å²) < 4.78 is 36.9. The van der Waals surface area contributed by atoms with Gasteiger partial charge in [-0.2, -0.15) is 18.7 Å². The number of aliphatic hydroxyl groups is 1. The third-order valence-corrected chi connectivity index (χ3v) is 5.99. The Hall–Kier alpha value is -2.76. The maximum atomic E-state index is 13.1. The molecule has 1 amide bonds. The van der Waals surface area contributed by atoms with Crippen molar-refractivity contribution in [2.75, 3.05) is 49.7 Å². The van der Waals surface area contributed by atoms with Crippen molar-refractivity contribution in [1.29, 1.82) is 0 Å². The molecule has 33 heavy (non-hydrogen) atoms. The van der Waals surface area contributed by atoms with Crippen molar-refractivity contribution >= 4 is 11.6 Å². The molecule has 9 nitrogen and oxygen atoms in total. The molecule has 3 heterocycles. The van der Waals surface area contributed by atoms with Crippen LogP contribution in [-0.4, -0.2) is 82.9 Å². The van der Waals surface area contributed by atoms with Gasteiger partial charge in [-0.1, -0.05) is 0 Å². The number of ether oxygens (including phenoxy) is 2. The molecule has 0 bridgehead atoms. The Bertz CT molecular complexity index is 922. The molecule has 1 aromatic carbocycles. The summed E-state index contributed by atoms with van der Waals surface area (Å²) in [5.74, 6) is -0.120. The number of halogens is 2. The summed E-state index contributed by atoms with van der Waals surface area (Å²) in [5, 5.41) is 13.9. The SMILES string of the molecule is CC(F)(F)Oc1ccc(N2CCC3(C2)CN(C(CO)CC(=O)Nn2cccn2)CCO3)cc1. The maximum Gasteiger partial charge on any atom is 0.394 e.